The number of pyridine rings is 2. The van der Waals surface area contributed by atoms with Crippen LogP contribution in [-0.4, -0.2) is 26.1 Å². The van der Waals surface area contributed by atoms with E-state index in [2.05, 4.69) is 25.5 Å². The molecule has 0 aromatic carbocycles. The Morgan fingerprint density at radius 2 is 1.85 bits per heavy atom. The Bertz CT molecular complexity index is 834. The summed E-state index contributed by atoms with van der Waals surface area (Å²) < 4.78 is 0. The molecular formula is C18H20N6OS. The Balaban J connectivity index is 1.40. The van der Waals surface area contributed by atoms with Crippen LogP contribution in [0.1, 0.15) is 29.0 Å². The van der Waals surface area contributed by atoms with Crippen molar-refractivity contribution in [1.82, 2.24) is 20.2 Å². The number of carbonyl (C=O) groups excluding carboxylic acids is 1. The van der Waals surface area contributed by atoms with E-state index in [1.54, 1.807) is 12.4 Å². The molecule has 0 aliphatic rings. The summed E-state index contributed by atoms with van der Waals surface area (Å²) in [5.41, 5.74) is 7.64. The third-order valence-corrected chi connectivity index (χ3v) is 4.61. The molecule has 1 amide bonds. The number of carbonyl (C=O) groups is 1. The van der Waals surface area contributed by atoms with Crippen LogP contribution in [-0.2, 0) is 24.1 Å². The number of nitrogens with one attached hydrogen (secondary N) is 1. The summed E-state index contributed by atoms with van der Waals surface area (Å²) in [5, 5.41) is 12.1. The molecule has 0 atom stereocenters. The number of hydrogen-bond acceptors (Lipinski definition) is 7. The average Bonchev–Trinajstić information content (AvgIpc) is 3.06. The SMILES string of the molecule is Nc1nnc(CCCCc2ccc(NC(=O)Cc3ccncc3)nc2)s1. The standard InChI is InChI=1S/C18H20N6OS/c19-18-24-23-17(26-18)4-2-1-3-14-5-6-15(21-12-14)22-16(25)11-13-7-9-20-10-8-13/h5-10,12H,1-4,11H2,(H2,19,24)(H,21,22,25). The van der Waals surface area contributed by atoms with Gasteiger partial charge in [0.05, 0.1) is 6.42 Å². The molecular weight excluding hydrogens is 348 g/mol. The molecule has 3 N–H and O–H groups in total. The van der Waals surface area contributed by atoms with Crippen LogP contribution in [0.3, 0.4) is 0 Å². The van der Waals surface area contributed by atoms with Crippen molar-refractivity contribution in [3.05, 3.63) is 59.0 Å². The number of hydrogen-bond donors (Lipinski definition) is 2. The summed E-state index contributed by atoms with van der Waals surface area (Å²) in [4.78, 5) is 20.3. The average molecular weight is 368 g/mol. The summed E-state index contributed by atoms with van der Waals surface area (Å²) in [6, 6.07) is 7.49. The summed E-state index contributed by atoms with van der Waals surface area (Å²) in [7, 11) is 0. The lowest BCUT2D eigenvalue weighted by Crippen LogP contribution is -2.15. The maximum atomic E-state index is 12.0. The zero-order valence-electron chi connectivity index (χ0n) is 14.3. The van der Waals surface area contributed by atoms with Crippen LogP contribution in [0.2, 0.25) is 0 Å². The van der Waals surface area contributed by atoms with Gasteiger partial charge in [0, 0.05) is 25.0 Å². The van der Waals surface area contributed by atoms with Crippen LogP contribution >= 0.6 is 11.3 Å². The maximum absolute atomic E-state index is 12.0. The number of rotatable bonds is 8. The highest BCUT2D eigenvalue weighted by Crippen LogP contribution is 2.15. The van der Waals surface area contributed by atoms with Gasteiger partial charge in [0.15, 0.2) is 0 Å². The van der Waals surface area contributed by atoms with Crippen LogP contribution < -0.4 is 11.1 Å². The second-order valence-corrected chi connectivity index (χ2v) is 6.97. The zero-order chi connectivity index (χ0) is 18.2. The van der Waals surface area contributed by atoms with Gasteiger partial charge in [-0.3, -0.25) is 9.78 Å². The van der Waals surface area contributed by atoms with Crippen LogP contribution in [0, 0.1) is 0 Å². The molecule has 0 saturated carbocycles. The van der Waals surface area contributed by atoms with Crippen molar-refractivity contribution in [3.8, 4) is 0 Å². The van der Waals surface area contributed by atoms with Crippen molar-refractivity contribution in [2.45, 2.75) is 32.1 Å². The molecule has 8 heteroatoms. The minimum absolute atomic E-state index is 0.0900. The number of nitrogen functional groups attached to an aromatic ring is 1. The molecule has 26 heavy (non-hydrogen) atoms. The van der Waals surface area contributed by atoms with Gasteiger partial charge in [0.25, 0.3) is 0 Å². The second-order valence-electron chi connectivity index (χ2n) is 5.87. The molecule has 0 aliphatic heterocycles. The van der Waals surface area contributed by atoms with Crippen LogP contribution in [0.15, 0.2) is 42.9 Å². The molecule has 3 aromatic rings. The monoisotopic (exact) mass is 368 g/mol. The van der Waals surface area contributed by atoms with Crippen molar-refractivity contribution in [1.29, 1.82) is 0 Å². The predicted molar refractivity (Wildman–Crippen MR) is 102 cm³/mol. The maximum Gasteiger partial charge on any atom is 0.229 e. The van der Waals surface area contributed by atoms with Crippen LogP contribution in [0.25, 0.3) is 0 Å². The summed E-state index contributed by atoms with van der Waals surface area (Å²) >= 11 is 1.44. The minimum atomic E-state index is -0.0900. The number of nitrogens with zero attached hydrogens (tertiary/aromatic N) is 4. The number of unbranched alkanes of at least 4 members (excludes halogenated alkanes) is 1. The first-order valence-corrected chi connectivity index (χ1v) is 9.22. The van der Waals surface area contributed by atoms with Crippen molar-refractivity contribution < 1.29 is 4.79 Å². The molecule has 0 saturated heterocycles. The van der Waals surface area contributed by atoms with Crippen molar-refractivity contribution >= 4 is 28.2 Å². The highest BCUT2D eigenvalue weighted by Gasteiger charge is 2.05. The van der Waals surface area contributed by atoms with E-state index in [0.717, 1.165) is 41.8 Å². The van der Waals surface area contributed by atoms with Gasteiger partial charge in [-0.15, -0.1) is 10.2 Å². The third-order valence-electron chi connectivity index (χ3n) is 3.79. The van der Waals surface area contributed by atoms with E-state index in [1.807, 2.05) is 30.5 Å². The molecule has 0 spiro atoms. The Morgan fingerprint density at radius 3 is 2.54 bits per heavy atom. The molecule has 134 valence electrons. The van der Waals surface area contributed by atoms with E-state index in [9.17, 15) is 4.79 Å². The molecule has 0 unspecified atom stereocenters. The lowest BCUT2D eigenvalue weighted by atomic mass is 10.1. The second kappa shape index (κ2) is 9.00. The Kier molecular flexibility index (Phi) is 6.21. The molecule has 0 fully saturated rings. The van der Waals surface area contributed by atoms with Crippen molar-refractivity contribution in [3.63, 3.8) is 0 Å². The number of aryl methyl sites for hydroxylation is 2. The van der Waals surface area contributed by atoms with E-state index in [-0.39, 0.29) is 5.91 Å². The van der Waals surface area contributed by atoms with E-state index in [0.29, 0.717) is 17.4 Å². The van der Waals surface area contributed by atoms with Gasteiger partial charge < -0.3 is 11.1 Å². The molecule has 3 aromatic heterocycles. The fourth-order valence-electron chi connectivity index (χ4n) is 2.49. The normalized spacial score (nSPS) is 10.6. The molecule has 7 nitrogen and oxygen atoms in total. The summed E-state index contributed by atoms with van der Waals surface area (Å²) in [6.07, 6.45) is 9.37. The Morgan fingerprint density at radius 1 is 1.04 bits per heavy atom. The predicted octanol–water partition coefficient (Wildman–Crippen LogP) is 2.66. The third kappa shape index (κ3) is 5.59. The molecule has 0 bridgehead atoms. The number of nitrogens with two attached hydrogens (primary N) is 1. The smallest absolute Gasteiger partial charge is 0.229 e. The fraction of sp³-hybridized carbons (Fsp3) is 0.278. The molecule has 0 aliphatic carbocycles. The number of anilines is 2. The fourth-order valence-corrected chi connectivity index (χ4v) is 3.14. The first-order chi connectivity index (χ1) is 12.7. The van der Waals surface area contributed by atoms with Gasteiger partial charge in [0.1, 0.15) is 10.8 Å². The van der Waals surface area contributed by atoms with E-state index >= 15 is 0 Å². The van der Waals surface area contributed by atoms with Gasteiger partial charge in [-0.2, -0.15) is 0 Å². The first kappa shape index (κ1) is 17.9. The molecule has 3 heterocycles. The largest absolute Gasteiger partial charge is 0.374 e. The van der Waals surface area contributed by atoms with Crippen molar-refractivity contribution in [2.75, 3.05) is 11.1 Å². The van der Waals surface area contributed by atoms with Crippen molar-refractivity contribution in [2.24, 2.45) is 0 Å². The summed E-state index contributed by atoms with van der Waals surface area (Å²) in [5.74, 6) is 0.477. The van der Waals surface area contributed by atoms with Gasteiger partial charge >= 0.3 is 0 Å². The van der Waals surface area contributed by atoms with Gasteiger partial charge in [-0.1, -0.05) is 17.4 Å². The number of amides is 1. The lowest BCUT2D eigenvalue weighted by Gasteiger charge is -2.06. The minimum Gasteiger partial charge on any atom is -0.374 e. The molecule has 3 rings (SSSR count). The van der Waals surface area contributed by atoms with E-state index in [4.69, 9.17) is 5.73 Å². The first-order valence-electron chi connectivity index (χ1n) is 8.40. The van der Waals surface area contributed by atoms with Crippen LogP contribution in [0.5, 0.6) is 0 Å². The summed E-state index contributed by atoms with van der Waals surface area (Å²) in [6.45, 7) is 0. The molecule has 0 radical (unpaired) electrons. The topological polar surface area (TPSA) is 107 Å². The lowest BCUT2D eigenvalue weighted by molar-refractivity contribution is -0.115. The van der Waals surface area contributed by atoms with Crippen LogP contribution in [0.4, 0.5) is 10.9 Å². The Hall–Kier alpha value is -2.87. The van der Waals surface area contributed by atoms with Gasteiger partial charge in [0.2, 0.25) is 11.0 Å². The zero-order valence-corrected chi connectivity index (χ0v) is 15.1. The highest BCUT2D eigenvalue weighted by atomic mass is 32.1. The highest BCUT2D eigenvalue weighted by molar-refractivity contribution is 7.15. The van der Waals surface area contributed by atoms with E-state index < -0.39 is 0 Å². The van der Waals surface area contributed by atoms with Gasteiger partial charge in [-0.25, -0.2) is 4.98 Å². The Labute approximate surface area is 155 Å². The quantitative estimate of drug-likeness (QED) is 0.592. The van der Waals surface area contributed by atoms with E-state index in [1.165, 1.54) is 11.3 Å². The van der Waals surface area contributed by atoms with Gasteiger partial charge in [-0.05, 0) is 48.6 Å². The number of aromatic nitrogens is 4.